The van der Waals surface area contributed by atoms with E-state index in [1.54, 1.807) is 6.92 Å². The topological polar surface area (TPSA) is 72.5 Å². The van der Waals surface area contributed by atoms with Crippen molar-refractivity contribution < 1.29 is 19.1 Å². The van der Waals surface area contributed by atoms with Crippen LogP contribution in [0.15, 0.2) is 11.1 Å². The maximum Gasteiger partial charge on any atom is 0.220 e. The van der Waals surface area contributed by atoms with Gasteiger partial charge < -0.3 is 10.1 Å². The van der Waals surface area contributed by atoms with Crippen molar-refractivity contribution >= 4 is 17.5 Å². The van der Waals surface area contributed by atoms with Crippen molar-refractivity contribution in [2.24, 2.45) is 0 Å². The SMILES string of the molecule is CCOCCNC(=O)CCC1=C(C)C(=O)CC1=O. The summed E-state index contributed by atoms with van der Waals surface area (Å²) in [7, 11) is 0. The van der Waals surface area contributed by atoms with Gasteiger partial charge in [-0.2, -0.15) is 0 Å². The van der Waals surface area contributed by atoms with Crippen molar-refractivity contribution in [2.75, 3.05) is 19.8 Å². The van der Waals surface area contributed by atoms with Crippen molar-refractivity contribution in [3.63, 3.8) is 0 Å². The first kappa shape index (κ1) is 14.6. The van der Waals surface area contributed by atoms with Crippen LogP contribution in [0.4, 0.5) is 0 Å². The standard InChI is InChI=1S/C13H19NO4/c1-3-18-7-6-14-13(17)5-4-10-9(2)11(15)8-12(10)16/h3-8H2,1-2H3,(H,14,17). The largest absolute Gasteiger partial charge is 0.380 e. The molecule has 0 aliphatic heterocycles. The Kier molecular flexibility index (Phi) is 5.71. The van der Waals surface area contributed by atoms with Gasteiger partial charge in [-0.15, -0.1) is 0 Å². The number of amides is 1. The Balaban J connectivity index is 2.30. The molecule has 0 unspecified atom stereocenters. The zero-order valence-corrected chi connectivity index (χ0v) is 10.9. The minimum absolute atomic E-state index is 0.0346. The predicted octanol–water partition coefficient (Wildman–Crippen LogP) is 0.778. The number of carbonyl (C=O) groups excluding carboxylic acids is 3. The molecular weight excluding hydrogens is 234 g/mol. The van der Waals surface area contributed by atoms with Gasteiger partial charge in [0, 0.05) is 25.1 Å². The normalized spacial score (nSPS) is 15.4. The summed E-state index contributed by atoms with van der Waals surface area (Å²) in [6.45, 7) is 5.12. The summed E-state index contributed by atoms with van der Waals surface area (Å²) in [4.78, 5) is 34.2. The van der Waals surface area contributed by atoms with Crippen LogP contribution in [0.5, 0.6) is 0 Å². The van der Waals surface area contributed by atoms with Gasteiger partial charge in [-0.3, -0.25) is 14.4 Å². The van der Waals surface area contributed by atoms with Gasteiger partial charge in [0.2, 0.25) is 5.91 Å². The van der Waals surface area contributed by atoms with E-state index in [1.807, 2.05) is 6.92 Å². The summed E-state index contributed by atoms with van der Waals surface area (Å²) in [5.74, 6) is -0.381. The highest BCUT2D eigenvalue weighted by atomic mass is 16.5. The summed E-state index contributed by atoms with van der Waals surface area (Å²) in [5, 5.41) is 2.70. The predicted molar refractivity (Wildman–Crippen MR) is 66.1 cm³/mol. The Morgan fingerprint density at radius 3 is 2.61 bits per heavy atom. The van der Waals surface area contributed by atoms with Crippen LogP contribution in [-0.2, 0) is 19.1 Å². The zero-order valence-electron chi connectivity index (χ0n) is 10.9. The van der Waals surface area contributed by atoms with Gasteiger partial charge in [-0.25, -0.2) is 0 Å². The molecule has 0 radical (unpaired) electrons. The number of ether oxygens (including phenoxy) is 1. The van der Waals surface area contributed by atoms with Gasteiger partial charge in [-0.1, -0.05) is 0 Å². The lowest BCUT2D eigenvalue weighted by atomic mass is 10.1. The summed E-state index contributed by atoms with van der Waals surface area (Å²) in [5.41, 5.74) is 1.03. The van der Waals surface area contributed by atoms with Crippen molar-refractivity contribution in [2.45, 2.75) is 33.1 Å². The van der Waals surface area contributed by atoms with Crippen molar-refractivity contribution in [1.29, 1.82) is 0 Å². The highest BCUT2D eigenvalue weighted by Crippen LogP contribution is 2.22. The number of allylic oxidation sites excluding steroid dienone is 2. The highest BCUT2D eigenvalue weighted by molar-refractivity contribution is 6.22. The highest BCUT2D eigenvalue weighted by Gasteiger charge is 2.27. The Bertz CT molecular complexity index is 384. The third-order valence-corrected chi connectivity index (χ3v) is 2.90. The summed E-state index contributed by atoms with van der Waals surface area (Å²) < 4.78 is 5.09. The van der Waals surface area contributed by atoms with Crippen LogP contribution in [0.1, 0.15) is 33.1 Å². The fraction of sp³-hybridized carbons (Fsp3) is 0.615. The average Bonchev–Trinajstić information content (AvgIpc) is 2.57. The van der Waals surface area contributed by atoms with Crippen molar-refractivity contribution in [3.8, 4) is 0 Å². The first-order valence-electron chi connectivity index (χ1n) is 6.16. The van der Waals surface area contributed by atoms with Crippen LogP contribution < -0.4 is 5.32 Å². The first-order valence-corrected chi connectivity index (χ1v) is 6.16. The molecule has 0 aromatic carbocycles. The molecule has 1 amide bonds. The number of rotatable bonds is 7. The van der Waals surface area contributed by atoms with Crippen molar-refractivity contribution in [1.82, 2.24) is 5.32 Å². The second kappa shape index (κ2) is 7.06. The monoisotopic (exact) mass is 253 g/mol. The molecule has 100 valence electrons. The molecule has 1 N–H and O–H groups in total. The van der Waals surface area contributed by atoms with E-state index in [-0.39, 0.29) is 30.3 Å². The van der Waals surface area contributed by atoms with Crippen molar-refractivity contribution in [3.05, 3.63) is 11.1 Å². The van der Waals surface area contributed by atoms with Gasteiger partial charge in [0.1, 0.15) is 0 Å². The zero-order chi connectivity index (χ0) is 13.5. The maximum atomic E-state index is 11.5. The molecule has 0 fully saturated rings. The fourth-order valence-electron chi connectivity index (χ4n) is 1.82. The Morgan fingerprint density at radius 1 is 1.33 bits per heavy atom. The molecule has 5 heteroatoms. The number of hydrogen-bond donors (Lipinski definition) is 1. The molecule has 0 bridgehead atoms. The van der Waals surface area contributed by atoms with E-state index in [0.717, 1.165) is 0 Å². The van der Waals surface area contributed by atoms with E-state index in [1.165, 1.54) is 0 Å². The molecule has 18 heavy (non-hydrogen) atoms. The maximum absolute atomic E-state index is 11.5. The molecule has 0 heterocycles. The van der Waals surface area contributed by atoms with Crippen LogP contribution in [0.2, 0.25) is 0 Å². The number of nitrogens with one attached hydrogen (secondary N) is 1. The van der Waals surface area contributed by atoms with E-state index in [4.69, 9.17) is 4.74 Å². The quantitative estimate of drug-likeness (QED) is 0.537. The lowest BCUT2D eigenvalue weighted by Crippen LogP contribution is -2.27. The lowest BCUT2D eigenvalue weighted by Gasteiger charge is -2.05. The number of hydrogen-bond acceptors (Lipinski definition) is 4. The molecule has 1 aliphatic rings. The third kappa shape index (κ3) is 4.07. The van der Waals surface area contributed by atoms with Crippen LogP contribution in [-0.4, -0.2) is 37.2 Å². The molecule has 1 rings (SSSR count). The Labute approximate surface area is 107 Å². The van der Waals surface area contributed by atoms with E-state index in [9.17, 15) is 14.4 Å². The molecule has 0 saturated heterocycles. The summed E-state index contributed by atoms with van der Waals surface area (Å²) >= 11 is 0. The molecule has 0 aromatic heterocycles. The van der Waals surface area contributed by atoms with Crippen LogP contribution in [0, 0.1) is 0 Å². The second-order valence-corrected chi connectivity index (χ2v) is 4.17. The van der Waals surface area contributed by atoms with Crippen LogP contribution in [0.3, 0.4) is 0 Å². The summed E-state index contributed by atoms with van der Waals surface area (Å²) in [6, 6.07) is 0. The molecule has 5 nitrogen and oxygen atoms in total. The lowest BCUT2D eigenvalue weighted by molar-refractivity contribution is -0.121. The number of ketones is 2. The van der Waals surface area contributed by atoms with E-state index in [2.05, 4.69) is 5.32 Å². The molecule has 1 aliphatic carbocycles. The average molecular weight is 253 g/mol. The molecule has 0 saturated carbocycles. The van der Waals surface area contributed by atoms with Gasteiger partial charge in [0.15, 0.2) is 11.6 Å². The second-order valence-electron chi connectivity index (χ2n) is 4.17. The van der Waals surface area contributed by atoms with Gasteiger partial charge in [-0.05, 0) is 25.8 Å². The van der Waals surface area contributed by atoms with E-state index in [0.29, 0.717) is 37.3 Å². The van der Waals surface area contributed by atoms with Gasteiger partial charge >= 0.3 is 0 Å². The molecule has 0 aromatic rings. The third-order valence-electron chi connectivity index (χ3n) is 2.90. The molecular formula is C13H19NO4. The smallest absolute Gasteiger partial charge is 0.220 e. The Morgan fingerprint density at radius 2 is 2.06 bits per heavy atom. The minimum atomic E-state index is -0.139. The first-order chi connectivity index (χ1) is 8.56. The Hall–Kier alpha value is -1.49. The number of carbonyl (C=O) groups is 3. The fourth-order valence-corrected chi connectivity index (χ4v) is 1.82. The van der Waals surface area contributed by atoms with E-state index >= 15 is 0 Å². The van der Waals surface area contributed by atoms with E-state index < -0.39 is 0 Å². The minimum Gasteiger partial charge on any atom is -0.380 e. The number of Topliss-reactive ketones (excluding diaryl/α,β-unsaturated/α-hetero) is 2. The summed E-state index contributed by atoms with van der Waals surface area (Å²) in [6.07, 6.45) is 0.543. The van der Waals surface area contributed by atoms with Gasteiger partial charge in [0.25, 0.3) is 0 Å². The molecule has 0 atom stereocenters. The van der Waals surface area contributed by atoms with Crippen LogP contribution >= 0.6 is 0 Å². The van der Waals surface area contributed by atoms with Crippen LogP contribution in [0.25, 0.3) is 0 Å². The van der Waals surface area contributed by atoms with Gasteiger partial charge in [0.05, 0.1) is 13.0 Å². The molecule has 0 spiro atoms.